The molecule has 0 unspecified atom stereocenters. The Labute approximate surface area is 130 Å². The summed E-state index contributed by atoms with van der Waals surface area (Å²) < 4.78 is 7.05. The van der Waals surface area contributed by atoms with Gasteiger partial charge >= 0.3 is 0 Å². The maximum absolute atomic E-state index is 6.04. The molecule has 2 aromatic carbocycles. The van der Waals surface area contributed by atoms with Gasteiger partial charge in [0.05, 0.1) is 13.7 Å². The van der Waals surface area contributed by atoms with Crippen LogP contribution in [-0.2, 0) is 13.0 Å². The minimum absolute atomic E-state index is 0.595. The Morgan fingerprint density at radius 3 is 2.41 bits per heavy atom. The van der Waals surface area contributed by atoms with Crippen LogP contribution in [0.2, 0.25) is 0 Å². The van der Waals surface area contributed by atoms with E-state index in [1.807, 2.05) is 53.3 Å². The smallest absolute Gasteiger partial charge is 0.148 e. The van der Waals surface area contributed by atoms with Gasteiger partial charge in [-0.25, -0.2) is 0 Å². The summed E-state index contributed by atoms with van der Waals surface area (Å²) >= 11 is 0. The van der Waals surface area contributed by atoms with E-state index >= 15 is 0 Å². The number of hydrogen-bond acceptors (Lipinski definition) is 3. The summed E-state index contributed by atoms with van der Waals surface area (Å²) in [5.74, 6) is 1.45. The number of nitrogens with zero attached hydrogens (tertiary/aromatic N) is 2. The summed E-state index contributed by atoms with van der Waals surface area (Å²) in [6, 6.07) is 18.3. The van der Waals surface area contributed by atoms with E-state index in [4.69, 9.17) is 10.5 Å². The van der Waals surface area contributed by atoms with Crippen molar-refractivity contribution < 1.29 is 4.74 Å². The van der Waals surface area contributed by atoms with Gasteiger partial charge in [-0.15, -0.1) is 0 Å². The first-order valence-electron chi connectivity index (χ1n) is 7.23. The Hall–Kier alpha value is -2.75. The van der Waals surface area contributed by atoms with E-state index in [1.165, 1.54) is 5.56 Å². The van der Waals surface area contributed by atoms with Gasteiger partial charge in [0.2, 0.25) is 0 Å². The van der Waals surface area contributed by atoms with E-state index in [2.05, 4.69) is 17.2 Å². The Morgan fingerprint density at radius 2 is 1.73 bits per heavy atom. The molecule has 0 atom stereocenters. The van der Waals surface area contributed by atoms with Gasteiger partial charge in [0.15, 0.2) is 0 Å². The number of rotatable bonds is 5. The fraction of sp³-hybridized carbons (Fsp3) is 0.167. The third-order valence-electron chi connectivity index (χ3n) is 3.61. The molecule has 22 heavy (non-hydrogen) atoms. The zero-order valence-corrected chi connectivity index (χ0v) is 12.6. The van der Waals surface area contributed by atoms with Gasteiger partial charge in [-0.1, -0.05) is 42.5 Å². The number of methoxy groups -OCH3 is 1. The van der Waals surface area contributed by atoms with E-state index in [1.54, 1.807) is 7.11 Å². The molecule has 1 heterocycles. The van der Waals surface area contributed by atoms with Gasteiger partial charge < -0.3 is 10.5 Å². The van der Waals surface area contributed by atoms with Crippen molar-refractivity contribution >= 4 is 5.82 Å². The fourth-order valence-corrected chi connectivity index (χ4v) is 2.43. The molecule has 112 valence electrons. The van der Waals surface area contributed by atoms with Crippen molar-refractivity contribution in [1.29, 1.82) is 0 Å². The first kappa shape index (κ1) is 14.2. The molecule has 3 aromatic rings. The summed E-state index contributed by atoms with van der Waals surface area (Å²) in [6.07, 6.45) is 2.82. The average molecular weight is 293 g/mol. The van der Waals surface area contributed by atoms with Crippen molar-refractivity contribution in [2.24, 2.45) is 0 Å². The van der Waals surface area contributed by atoms with Crippen LogP contribution in [0.3, 0.4) is 0 Å². The predicted molar refractivity (Wildman–Crippen MR) is 88.0 cm³/mol. The molecular weight excluding hydrogens is 274 g/mol. The van der Waals surface area contributed by atoms with Crippen molar-refractivity contribution in [3.63, 3.8) is 0 Å². The van der Waals surface area contributed by atoms with Crippen LogP contribution in [0, 0.1) is 0 Å². The van der Waals surface area contributed by atoms with E-state index in [9.17, 15) is 0 Å². The Kier molecular flexibility index (Phi) is 4.10. The molecule has 0 fully saturated rings. The number of anilines is 1. The molecule has 3 rings (SSSR count). The molecule has 0 aliphatic heterocycles. The van der Waals surface area contributed by atoms with E-state index in [-0.39, 0.29) is 0 Å². The lowest BCUT2D eigenvalue weighted by Crippen LogP contribution is -2.00. The van der Waals surface area contributed by atoms with Gasteiger partial charge in [-0.3, -0.25) is 4.68 Å². The van der Waals surface area contributed by atoms with Crippen LogP contribution in [0.4, 0.5) is 5.82 Å². The minimum atomic E-state index is 0.595. The highest BCUT2D eigenvalue weighted by molar-refractivity contribution is 5.41. The molecule has 0 spiro atoms. The molecule has 0 radical (unpaired) electrons. The van der Waals surface area contributed by atoms with E-state index in [0.717, 1.165) is 23.3 Å². The SMILES string of the molecule is COc1ccc(Cn2cc(Cc3ccccc3)c(N)n2)cc1. The van der Waals surface area contributed by atoms with Crippen molar-refractivity contribution in [2.45, 2.75) is 13.0 Å². The first-order valence-corrected chi connectivity index (χ1v) is 7.23. The second kappa shape index (κ2) is 6.35. The molecule has 1 aromatic heterocycles. The van der Waals surface area contributed by atoms with Gasteiger partial charge in [-0.05, 0) is 23.3 Å². The maximum Gasteiger partial charge on any atom is 0.148 e. The summed E-state index contributed by atoms with van der Waals surface area (Å²) in [6.45, 7) is 0.697. The molecule has 0 aliphatic carbocycles. The van der Waals surface area contributed by atoms with Crippen molar-refractivity contribution in [1.82, 2.24) is 9.78 Å². The van der Waals surface area contributed by atoms with Crippen LogP contribution in [0.25, 0.3) is 0 Å². The molecule has 0 saturated heterocycles. The van der Waals surface area contributed by atoms with Crippen molar-refractivity contribution in [2.75, 3.05) is 12.8 Å². The summed E-state index contributed by atoms with van der Waals surface area (Å²) in [7, 11) is 1.67. The number of aromatic nitrogens is 2. The molecule has 4 nitrogen and oxygen atoms in total. The summed E-state index contributed by atoms with van der Waals surface area (Å²) in [4.78, 5) is 0. The molecule has 0 aliphatic rings. The quantitative estimate of drug-likeness (QED) is 0.786. The van der Waals surface area contributed by atoms with Crippen LogP contribution >= 0.6 is 0 Å². The Bertz CT molecular complexity index is 733. The zero-order valence-electron chi connectivity index (χ0n) is 12.6. The van der Waals surface area contributed by atoms with Gasteiger partial charge in [0, 0.05) is 18.2 Å². The van der Waals surface area contributed by atoms with Crippen molar-refractivity contribution in [3.8, 4) is 5.75 Å². The standard InChI is InChI=1S/C18H19N3O/c1-22-17-9-7-15(8-10-17)12-21-13-16(18(19)20-21)11-14-5-3-2-4-6-14/h2-10,13H,11-12H2,1H3,(H2,19,20). The molecule has 2 N–H and O–H groups in total. The largest absolute Gasteiger partial charge is 0.497 e. The molecular formula is C18H19N3O. The Balaban J connectivity index is 1.74. The summed E-state index contributed by atoms with van der Waals surface area (Å²) in [5, 5.41) is 4.41. The van der Waals surface area contributed by atoms with E-state index in [0.29, 0.717) is 12.4 Å². The van der Waals surface area contributed by atoms with Crippen LogP contribution in [-0.4, -0.2) is 16.9 Å². The number of nitrogen functional groups attached to an aromatic ring is 1. The number of ether oxygens (including phenoxy) is 1. The lowest BCUT2D eigenvalue weighted by molar-refractivity contribution is 0.414. The van der Waals surface area contributed by atoms with Crippen LogP contribution in [0.15, 0.2) is 60.8 Å². The normalized spacial score (nSPS) is 10.6. The molecule has 0 saturated carbocycles. The second-order valence-corrected chi connectivity index (χ2v) is 5.25. The predicted octanol–water partition coefficient (Wildman–Crippen LogP) is 3.11. The third kappa shape index (κ3) is 3.28. The maximum atomic E-state index is 6.04. The van der Waals surface area contributed by atoms with Gasteiger partial charge in [0.1, 0.15) is 11.6 Å². The monoisotopic (exact) mass is 293 g/mol. The molecule has 0 bridgehead atoms. The number of nitrogens with two attached hydrogens (primary N) is 1. The highest BCUT2D eigenvalue weighted by Crippen LogP contribution is 2.17. The van der Waals surface area contributed by atoms with Gasteiger partial charge in [-0.2, -0.15) is 5.10 Å². The Morgan fingerprint density at radius 1 is 1.00 bits per heavy atom. The van der Waals surface area contributed by atoms with Gasteiger partial charge in [0.25, 0.3) is 0 Å². The fourth-order valence-electron chi connectivity index (χ4n) is 2.43. The topological polar surface area (TPSA) is 53.1 Å². The first-order chi connectivity index (χ1) is 10.7. The van der Waals surface area contributed by atoms with Crippen LogP contribution in [0.1, 0.15) is 16.7 Å². The number of benzene rings is 2. The molecule has 4 heteroatoms. The van der Waals surface area contributed by atoms with Crippen molar-refractivity contribution in [3.05, 3.63) is 77.5 Å². The van der Waals surface area contributed by atoms with Crippen LogP contribution < -0.4 is 10.5 Å². The average Bonchev–Trinajstić information content (AvgIpc) is 2.88. The van der Waals surface area contributed by atoms with Crippen LogP contribution in [0.5, 0.6) is 5.75 Å². The summed E-state index contributed by atoms with van der Waals surface area (Å²) in [5.41, 5.74) is 9.49. The minimum Gasteiger partial charge on any atom is -0.497 e. The zero-order chi connectivity index (χ0) is 15.4. The third-order valence-corrected chi connectivity index (χ3v) is 3.61. The number of hydrogen-bond donors (Lipinski definition) is 1. The highest BCUT2D eigenvalue weighted by Gasteiger charge is 2.07. The lowest BCUT2D eigenvalue weighted by atomic mass is 10.1. The highest BCUT2D eigenvalue weighted by atomic mass is 16.5. The van der Waals surface area contributed by atoms with E-state index < -0.39 is 0 Å². The molecule has 0 amide bonds. The second-order valence-electron chi connectivity index (χ2n) is 5.25. The lowest BCUT2D eigenvalue weighted by Gasteiger charge is -2.03.